The fourth-order valence-corrected chi connectivity index (χ4v) is 2.70. The summed E-state index contributed by atoms with van der Waals surface area (Å²) in [5, 5.41) is 11.3. The normalized spacial score (nSPS) is 21.9. The van der Waals surface area contributed by atoms with Crippen molar-refractivity contribution < 1.29 is 4.39 Å². The molecule has 7 heteroatoms. The first-order chi connectivity index (χ1) is 10.2. The number of hydrogen-bond donors (Lipinski definition) is 1. The zero-order valence-corrected chi connectivity index (χ0v) is 12.0. The van der Waals surface area contributed by atoms with Crippen LogP contribution in [0.5, 0.6) is 0 Å². The van der Waals surface area contributed by atoms with Gasteiger partial charge in [0.1, 0.15) is 6.17 Å². The van der Waals surface area contributed by atoms with Crippen molar-refractivity contribution in [2.24, 2.45) is 7.05 Å². The van der Waals surface area contributed by atoms with Crippen LogP contribution in [0.25, 0.3) is 0 Å². The van der Waals surface area contributed by atoms with Gasteiger partial charge in [0.15, 0.2) is 5.82 Å². The molecule has 2 aromatic rings. The molecule has 0 spiro atoms. The van der Waals surface area contributed by atoms with Gasteiger partial charge in [-0.25, -0.2) is 9.37 Å². The highest BCUT2D eigenvalue weighted by Gasteiger charge is 2.32. The third-order valence-electron chi connectivity index (χ3n) is 3.82. The average Bonchev–Trinajstić information content (AvgIpc) is 3.06. The standard InChI is InChI=1S/C14H19FN6/c1-20-10-17-8-13(20)7-16-6-12-5-11(15)9-21(12)14-3-2-4-18-19-14/h2-4,8,10-12,16H,5-7,9H2,1H3/t11-,12-/m0/s1. The Kier molecular flexibility index (Phi) is 4.10. The van der Waals surface area contributed by atoms with Crippen LogP contribution in [0.1, 0.15) is 12.1 Å². The van der Waals surface area contributed by atoms with Crippen LogP contribution in [0.4, 0.5) is 10.2 Å². The minimum Gasteiger partial charge on any atom is -0.348 e. The predicted octanol–water partition coefficient (Wildman–Crippen LogP) is 0.917. The number of nitrogens with one attached hydrogen (secondary N) is 1. The van der Waals surface area contributed by atoms with Gasteiger partial charge in [-0.1, -0.05) is 0 Å². The molecular weight excluding hydrogens is 271 g/mol. The van der Waals surface area contributed by atoms with E-state index < -0.39 is 6.17 Å². The number of rotatable bonds is 5. The molecule has 21 heavy (non-hydrogen) atoms. The fraction of sp³-hybridized carbons (Fsp3) is 0.500. The van der Waals surface area contributed by atoms with Crippen LogP contribution in [0, 0.1) is 0 Å². The first-order valence-corrected chi connectivity index (χ1v) is 7.08. The molecule has 1 fully saturated rings. The lowest BCUT2D eigenvalue weighted by molar-refractivity contribution is 0.354. The van der Waals surface area contributed by atoms with Crippen LogP contribution in [-0.4, -0.2) is 45.1 Å². The summed E-state index contributed by atoms with van der Waals surface area (Å²) < 4.78 is 15.7. The predicted molar refractivity (Wildman–Crippen MR) is 77.6 cm³/mol. The molecule has 1 aliphatic heterocycles. The second-order valence-corrected chi connectivity index (χ2v) is 5.35. The molecule has 3 rings (SSSR count). The van der Waals surface area contributed by atoms with Crippen molar-refractivity contribution in [3.63, 3.8) is 0 Å². The zero-order chi connectivity index (χ0) is 14.7. The molecule has 1 N–H and O–H groups in total. The molecule has 0 radical (unpaired) electrons. The Morgan fingerprint density at radius 3 is 3.10 bits per heavy atom. The quantitative estimate of drug-likeness (QED) is 0.887. The third-order valence-corrected chi connectivity index (χ3v) is 3.82. The van der Waals surface area contributed by atoms with E-state index in [0.717, 1.165) is 18.1 Å². The molecule has 6 nitrogen and oxygen atoms in total. The summed E-state index contributed by atoms with van der Waals surface area (Å²) in [5.74, 6) is 0.741. The van der Waals surface area contributed by atoms with Gasteiger partial charge in [0.05, 0.1) is 18.6 Å². The minimum atomic E-state index is -0.810. The molecule has 0 unspecified atom stereocenters. The van der Waals surface area contributed by atoms with Crippen molar-refractivity contribution in [2.45, 2.75) is 25.2 Å². The number of aromatic nitrogens is 4. The average molecular weight is 290 g/mol. The van der Waals surface area contributed by atoms with E-state index in [1.807, 2.05) is 34.8 Å². The minimum absolute atomic E-state index is 0.102. The number of imidazole rings is 1. The summed E-state index contributed by atoms with van der Waals surface area (Å²) in [6, 6.07) is 3.80. The van der Waals surface area contributed by atoms with Crippen molar-refractivity contribution in [3.8, 4) is 0 Å². The Morgan fingerprint density at radius 1 is 1.48 bits per heavy atom. The van der Waals surface area contributed by atoms with Crippen molar-refractivity contribution >= 4 is 5.82 Å². The maximum Gasteiger partial charge on any atom is 0.151 e. The molecule has 0 amide bonds. The van der Waals surface area contributed by atoms with Crippen molar-refractivity contribution in [1.29, 1.82) is 0 Å². The highest BCUT2D eigenvalue weighted by Crippen LogP contribution is 2.24. The molecule has 0 aliphatic carbocycles. The van der Waals surface area contributed by atoms with Crippen LogP contribution >= 0.6 is 0 Å². The summed E-state index contributed by atoms with van der Waals surface area (Å²) in [6.07, 6.45) is 4.95. The highest BCUT2D eigenvalue weighted by molar-refractivity contribution is 5.40. The molecule has 112 valence electrons. The summed E-state index contributed by atoms with van der Waals surface area (Å²) in [5.41, 5.74) is 1.11. The van der Waals surface area contributed by atoms with E-state index in [0.29, 0.717) is 19.5 Å². The number of halogens is 1. The van der Waals surface area contributed by atoms with E-state index >= 15 is 0 Å². The Morgan fingerprint density at radius 2 is 2.38 bits per heavy atom. The molecular formula is C14H19FN6. The summed E-state index contributed by atoms with van der Waals surface area (Å²) in [4.78, 5) is 6.07. The lowest BCUT2D eigenvalue weighted by atomic mass is 10.2. The molecule has 1 aliphatic rings. The van der Waals surface area contributed by atoms with Crippen LogP contribution in [-0.2, 0) is 13.6 Å². The van der Waals surface area contributed by atoms with E-state index in [9.17, 15) is 4.39 Å². The first kappa shape index (κ1) is 13.9. The molecule has 2 aromatic heterocycles. The maximum absolute atomic E-state index is 13.7. The number of alkyl halides is 1. The zero-order valence-electron chi connectivity index (χ0n) is 12.0. The summed E-state index contributed by atoms with van der Waals surface area (Å²) in [6.45, 7) is 1.82. The van der Waals surface area contributed by atoms with Gasteiger partial charge < -0.3 is 14.8 Å². The van der Waals surface area contributed by atoms with Crippen molar-refractivity contribution in [3.05, 3.63) is 36.5 Å². The van der Waals surface area contributed by atoms with Crippen molar-refractivity contribution in [1.82, 2.24) is 25.1 Å². The van der Waals surface area contributed by atoms with E-state index in [1.165, 1.54) is 0 Å². The van der Waals surface area contributed by atoms with Crippen LogP contribution in [0.15, 0.2) is 30.9 Å². The largest absolute Gasteiger partial charge is 0.348 e. The Hall–Kier alpha value is -2.02. The number of nitrogens with zero attached hydrogens (tertiary/aromatic N) is 5. The van der Waals surface area contributed by atoms with Gasteiger partial charge in [-0.2, -0.15) is 5.10 Å². The van der Waals surface area contributed by atoms with Gasteiger partial charge >= 0.3 is 0 Å². The number of aryl methyl sites for hydroxylation is 1. The van der Waals surface area contributed by atoms with E-state index in [4.69, 9.17) is 0 Å². The first-order valence-electron chi connectivity index (χ1n) is 7.08. The molecule has 0 aromatic carbocycles. The monoisotopic (exact) mass is 290 g/mol. The third kappa shape index (κ3) is 3.18. The van der Waals surface area contributed by atoms with E-state index in [2.05, 4.69) is 20.5 Å². The topological polar surface area (TPSA) is 58.9 Å². The Balaban J connectivity index is 1.59. The van der Waals surface area contributed by atoms with Gasteiger partial charge in [0.2, 0.25) is 0 Å². The maximum atomic E-state index is 13.7. The summed E-state index contributed by atoms with van der Waals surface area (Å²) >= 11 is 0. The second-order valence-electron chi connectivity index (χ2n) is 5.35. The lowest BCUT2D eigenvalue weighted by Crippen LogP contribution is -2.38. The molecule has 2 atom stereocenters. The fourth-order valence-electron chi connectivity index (χ4n) is 2.70. The molecule has 0 saturated carbocycles. The van der Waals surface area contributed by atoms with Gasteiger partial charge in [0, 0.05) is 45.0 Å². The van der Waals surface area contributed by atoms with Gasteiger partial charge in [0.25, 0.3) is 0 Å². The summed E-state index contributed by atoms with van der Waals surface area (Å²) in [7, 11) is 1.96. The van der Waals surface area contributed by atoms with Crippen LogP contribution in [0.3, 0.4) is 0 Å². The van der Waals surface area contributed by atoms with Crippen molar-refractivity contribution in [2.75, 3.05) is 18.0 Å². The van der Waals surface area contributed by atoms with E-state index in [-0.39, 0.29) is 6.04 Å². The highest BCUT2D eigenvalue weighted by atomic mass is 19.1. The lowest BCUT2D eigenvalue weighted by Gasteiger charge is -2.25. The number of hydrogen-bond acceptors (Lipinski definition) is 5. The van der Waals surface area contributed by atoms with Gasteiger partial charge in [-0.05, 0) is 12.1 Å². The Bertz CT molecular complexity index is 572. The smallest absolute Gasteiger partial charge is 0.151 e. The molecule has 1 saturated heterocycles. The van der Waals surface area contributed by atoms with Gasteiger partial charge in [-0.15, -0.1) is 5.10 Å². The second kappa shape index (κ2) is 6.17. The molecule has 3 heterocycles. The molecule has 0 bridgehead atoms. The Labute approximate surface area is 123 Å². The SMILES string of the molecule is Cn1cncc1CNC[C@@H]1C[C@H](F)CN1c1cccnn1. The van der Waals surface area contributed by atoms with Crippen LogP contribution in [0.2, 0.25) is 0 Å². The van der Waals surface area contributed by atoms with Gasteiger partial charge in [-0.3, -0.25) is 0 Å². The van der Waals surface area contributed by atoms with E-state index in [1.54, 1.807) is 12.5 Å². The van der Waals surface area contributed by atoms with Crippen LogP contribution < -0.4 is 10.2 Å². The number of anilines is 1.